The molecule has 2 rings (SSSR count). The van der Waals surface area contributed by atoms with Gasteiger partial charge in [0.25, 0.3) is 0 Å². The first-order chi connectivity index (χ1) is 12.6. The SMILES string of the molecule is CC(C)(C)c1ccccc1NC(=O)CCN(Cc1ccncc1)S(C)(=O)=O. The van der Waals surface area contributed by atoms with Crippen molar-refractivity contribution in [1.82, 2.24) is 9.29 Å². The van der Waals surface area contributed by atoms with E-state index in [1.165, 1.54) is 4.31 Å². The minimum absolute atomic E-state index is 0.0800. The number of amides is 1. The zero-order chi connectivity index (χ0) is 20.1. The van der Waals surface area contributed by atoms with Crippen LogP contribution in [0.3, 0.4) is 0 Å². The number of pyridine rings is 1. The monoisotopic (exact) mass is 389 g/mol. The fourth-order valence-electron chi connectivity index (χ4n) is 2.74. The second-order valence-electron chi connectivity index (χ2n) is 7.55. The van der Waals surface area contributed by atoms with Gasteiger partial charge in [0.2, 0.25) is 15.9 Å². The lowest BCUT2D eigenvalue weighted by Crippen LogP contribution is -2.32. The first-order valence-electron chi connectivity index (χ1n) is 8.81. The van der Waals surface area contributed by atoms with E-state index in [0.717, 1.165) is 23.1 Å². The van der Waals surface area contributed by atoms with E-state index in [0.29, 0.717) is 0 Å². The van der Waals surface area contributed by atoms with Crippen LogP contribution in [0.2, 0.25) is 0 Å². The van der Waals surface area contributed by atoms with Crippen molar-refractivity contribution >= 4 is 21.6 Å². The van der Waals surface area contributed by atoms with Crippen LogP contribution >= 0.6 is 0 Å². The van der Waals surface area contributed by atoms with Gasteiger partial charge in [-0.3, -0.25) is 9.78 Å². The number of hydrogen-bond acceptors (Lipinski definition) is 4. The van der Waals surface area contributed by atoms with Crippen LogP contribution in [0.1, 0.15) is 38.3 Å². The summed E-state index contributed by atoms with van der Waals surface area (Å²) in [6.45, 7) is 6.58. The highest BCUT2D eigenvalue weighted by molar-refractivity contribution is 7.88. The average molecular weight is 390 g/mol. The number of sulfonamides is 1. The van der Waals surface area contributed by atoms with Crippen LogP contribution in [0.4, 0.5) is 5.69 Å². The molecule has 0 unspecified atom stereocenters. The molecular formula is C20H27N3O3S. The molecule has 6 nitrogen and oxygen atoms in total. The van der Waals surface area contributed by atoms with Gasteiger partial charge in [-0.2, -0.15) is 4.31 Å². The normalized spacial score (nSPS) is 12.2. The van der Waals surface area contributed by atoms with E-state index in [-0.39, 0.29) is 30.8 Å². The van der Waals surface area contributed by atoms with Crippen LogP contribution in [-0.4, -0.2) is 36.4 Å². The lowest BCUT2D eigenvalue weighted by atomic mass is 9.86. The molecule has 1 aromatic carbocycles. The van der Waals surface area contributed by atoms with Crippen LogP contribution < -0.4 is 5.32 Å². The van der Waals surface area contributed by atoms with Gasteiger partial charge in [-0.25, -0.2) is 8.42 Å². The van der Waals surface area contributed by atoms with Crippen molar-refractivity contribution in [1.29, 1.82) is 0 Å². The number of nitrogens with zero attached hydrogens (tertiary/aromatic N) is 2. The predicted octanol–water partition coefficient (Wildman–Crippen LogP) is 3.17. The highest BCUT2D eigenvalue weighted by Gasteiger charge is 2.21. The zero-order valence-corrected chi connectivity index (χ0v) is 17.1. The first-order valence-corrected chi connectivity index (χ1v) is 10.7. The summed E-state index contributed by atoms with van der Waals surface area (Å²) >= 11 is 0. The third-order valence-electron chi connectivity index (χ3n) is 4.17. The van der Waals surface area contributed by atoms with Gasteiger partial charge >= 0.3 is 0 Å². The molecule has 1 heterocycles. The van der Waals surface area contributed by atoms with Crippen molar-refractivity contribution in [2.75, 3.05) is 18.1 Å². The van der Waals surface area contributed by atoms with Crippen molar-refractivity contribution in [3.8, 4) is 0 Å². The van der Waals surface area contributed by atoms with Gasteiger partial charge < -0.3 is 5.32 Å². The third-order valence-corrected chi connectivity index (χ3v) is 5.42. The summed E-state index contributed by atoms with van der Waals surface area (Å²) in [6.07, 6.45) is 4.47. The molecular weight excluding hydrogens is 362 g/mol. The Labute approximate surface area is 161 Å². The van der Waals surface area contributed by atoms with Crippen molar-refractivity contribution in [3.63, 3.8) is 0 Å². The van der Waals surface area contributed by atoms with Gasteiger partial charge in [0.05, 0.1) is 6.26 Å². The Morgan fingerprint density at radius 2 is 1.74 bits per heavy atom. The quantitative estimate of drug-likeness (QED) is 0.789. The molecule has 146 valence electrons. The van der Waals surface area contributed by atoms with Crippen molar-refractivity contribution in [2.24, 2.45) is 0 Å². The standard InChI is InChI=1S/C20H27N3O3S/c1-20(2,3)17-7-5-6-8-18(17)22-19(24)11-14-23(27(4,25)26)15-16-9-12-21-13-10-16/h5-10,12-13H,11,14-15H2,1-4H3,(H,22,24). The minimum Gasteiger partial charge on any atom is -0.326 e. The van der Waals surface area contributed by atoms with Gasteiger partial charge in [-0.15, -0.1) is 0 Å². The van der Waals surface area contributed by atoms with Crippen LogP contribution in [0.5, 0.6) is 0 Å². The lowest BCUT2D eigenvalue weighted by molar-refractivity contribution is -0.116. The molecule has 0 saturated carbocycles. The van der Waals surface area contributed by atoms with E-state index in [2.05, 4.69) is 31.1 Å². The van der Waals surface area contributed by atoms with Crippen molar-refractivity contribution in [3.05, 3.63) is 59.9 Å². The second-order valence-corrected chi connectivity index (χ2v) is 9.53. The van der Waals surface area contributed by atoms with E-state index >= 15 is 0 Å². The van der Waals surface area contributed by atoms with E-state index in [9.17, 15) is 13.2 Å². The van der Waals surface area contributed by atoms with Crippen LogP contribution in [0, 0.1) is 0 Å². The fourth-order valence-corrected chi connectivity index (χ4v) is 3.55. The summed E-state index contributed by atoms with van der Waals surface area (Å²) in [7, 11) is -3.43. The van der Waals surface area contributed by atoms with E-state index in [1.807, 2.05) is 24.3 Å². The van der Waals surface area contributed by atoms with Gasteiger partial charge in [-0.05, 0) is 34.7 Å². The van der Waals surface area contributed by atoms with Gasteiger partial charge in [0.1, 0.15) is 0 Å². The van der Waals surface area contributed by atoms with Crippen LogP contribution in [0.15, 0.2) is 48.8 Å². The smallest absolute Gasteiger partial charge is 0.225 e. The Kier molecular flexibility index (Phi) is 6.73. The summed E-state index contributed by atoms with van der Waals surface area (Å²) in [4.78, 5) is 16.4. The molecule has 1 aromatic heterocycles. The molecule has 7 heteroatoms. The number of anilines is 1. The van der Waals surface area contributed by atoms with E-state index < -0.39 is 10.0 Å². The van der Waals surface area contributed by atoms with E-state index in [4.69, 9.17) is 0 Å². The van der Waals surface area contributed by atoms with Gasteiger partial charge in [-0.1, -0.05) is 39.0 Å². The predicted molar refractivity (Wildman–Crippen MR) is 108 cm³/mol. The van der Waals surface area contributed by atoms with Gasteiger partial charge in [0, 0.05) is 37.6 Å². The molecule has 0 saturated heterocycles. The molecule has 1 amide bonds. The number of aromatic nitrogens is 1. The molecule has 2 aromatic rings. The Hall–Kier alpha value is -2.25. The van der Waals surface area contributed by atoms with Crippen LogP contribution in [0.25, 0.3) is 0 Å². The zero-order valence-electron chi connectivity index (χ0n) is 16.3. The Morgan fingerprint density at radius 3 is 2.33 bits per heavy atom. The number of carbonyl (C=O) groups excluding carboxylic acids is 1. The molecule has 0 bridgehead atoms. The van der Waals surface area contributed by atoms with Crippen molar-refractivity contribution in [2.45, 2.75) is 39.2 Å². The van der Waals surface area contributed by atoms with Gasteiger partial charge in [0.15, 0.2) is 0 Å². The molecule has 0 aliphatic carbocycles. The summed E-state index contributed by atoms with van der Waals surface area (Å²) in [5, 5.41) is 2.92. The summed E-state index contributed by atoms with van der Waals surface area (Å²) in [5.74, 6) is -0.213. The Bertz CT molecular complexity index is 875. The molecule has 0 fully saturated rings. The Morgan fingerprint density at radius 1 is 1.11 bits per heavy atom. The fraction of sp³-hybridized carbons (Fsp3) is 0.400. The highest BCUT2D eigenvalue weighted by atomic mass is 32.2. The molecule has 0 atom stereocenters. The molecule has 27 heavy (non-hydrogen) atoms. The average Bonchev–Trinajstić information content (AvgIpc) is 2.58. The topological polar surface area (TPSA) is 79.4 Å². The number of benzene rings is 1. The van der Waals surface area contributed by atoms with Crippen molar-refractivity contribution < 1.29 is 13.2 Å². The highest BCUT2D eigenvalue weighted by Crippen LogP contribution is 2.29. The second kappa shape index (κ2) is 8.63. The first kappa shape index (κ1) is 21.1. The third kappa shape index (κ3) is 6.45. The maximum absolute atomic E-state index is 12.4. The summed E-state index contributed by atoms with van der Waals surface area (Å²) in [5.41, 5.74) is 2.52. The summed E-state index contributed by atoms with van der Waals surface area (Å²) < 4.78 is 25.4. The number of rotatable bonds is 7. The summed E-state index contributed by atoms with van der Waals surface area (Å²) in [6, 6.07) is 11.2. The molecule has 0 aliphatic rings. The maximum atomic E-state index is 12.4. The minimum atomic E-state index is -3.43. The molecule has 1 N–H and O–H groups in total. The van der Waals surface area contributed by atoms with Crippen LogP contribution in [-0.2, 0) is 26.8 Å². The lowest BCUT2D eigenvalue weighted by Gasteiger charge is -2.23. The largest absolute Gasteiger partial charge is 0.326 e. The molecule has 0 aliphatic heterocycles. The number of para-hydroxylation sites is 1. The number of hydrogen-bond donors (Lipinski definition) is 1. The number of carbonyl (C=O) groups is 1. The Balaban J connectivity index is 2.05. The number of nitrogens with one attached hydrogen (secondary N) is 1. The molecule has 0 radical (unpaired) electrons. The molecule has 0 spiro atoms. The maximum Gasteiger partial charge on any atom is 0.225 e. The van der Waals surface area contributed by atoms with E-state index in [1.54, 1.807) is 24.5 Å².